The number of benzene rings is 1. The van der Waals surface area contributed by atoms with Gasteiger partial charge in [0, 0.05) is 30.0 Å². The zero-order valence-corrected chi connectivity index (χ0v) is 19.1. The number of fused-ring (bicyclic) bond motifs is 1. The molecule has 1 atom stereocenters. The second-order valence-corrected chi connectivity index (χ2v) is 9.01. The van der Waals surface area contributed by atoms with Gasteiger partial charge in [0.1, 0.15) is 16.3 Å². The van der Waals surface area contributed by atoms with Gasteiger partial charge in [0.05, 0.1) is 32.0 Å². The number of likely N-dealkylation sites (tertiary alicyclic amines) is 1. The minimum absolute atomic E-state index is 0.0255. The molecule has 1 amide bonds. The van der Waals surface area contributed by atoms with Gasteiger partial charge in [-0.3, -0.25) is 14.2 Å². The topological polar surface area (TPSA) is 73.7 Å². The first-order chi connectivity index (χ1) is 14.9. The second-order valence-electron chi connectivity index (χ2n) is 7.81. The van der Waals surface area contributed by atoms with Crippen LogP contribution < -0.4 is 15.0 Å². The molecule has 2 aromatic heterocycles. The number of carbonyl (C=O) groups is 1. The minimum atomic E-state index is -0.0768. The summed E-state index contributed by atoms with van der Waals surface area (Å²) >= 11 is 1.53. The van der Waals surface area contributed by atoms with Gasteiger partial charge in [-0.25, -0.2) is 4.98 Å². The van der Waals surface area contributed by atoms with Crippen molar-refractivity contribution in [2.75, 3.05) is 20.8 Å². The van der Waals surface area contributed by atoms with Crippen LogP contribution in [0.2, 0.25) is 0 Å². The van der Waals surface area contributed by atoms with E-state index in [0.29, 0.717) is 18.5 Å². The summed E-state index contributed by atoms with van der Waals surface area (Å²) in [5.74, 6) is 1.51. The maximum Gasteiger partial charge on any atom is 0.262 e. The van der Waals surface area contributed by atoms with Crippen molar-refractivity contribution in [3.63, 3.8) is 0 Å². The van der Waals surface area contributed by atoms with Gasteiger partial charge in [-0.05, 0) is 50.5 Å². The first-order valence-corrected chi connectivity index (χ1v) is 11.2. The van der Waals surface area contributed by atoms with Crippen molar-refractivity contribution in [1.29, 1.82) is 0 Å². The summed E-state index contributed by atoms with van der Waals surface area (Å²) in [6, 6.07) is 5.61. The van der Waals surface area contributed by atoms with E-state index < -0.39 is 0 Å². The Kier molecular flexibility index (Phi) is 6.00. The van der Waals surface area contributed by atoms with Crippen LogP contribution in [0.4, 0.5) is 0 Å². The Labute approximate surface area is 185 Å². The summed E-state index contributed by atoms with van der Waals surface area (Å²) in [6.07, 6.45) is 3.60. The molecule has 3 aromatic rings. The highest BCUT2D eigenvalue weighted by molar-refractivity contribution is 7.18. The molecule has 0 bridgehead atoms. The van der Waals surface area contributed by atoms with Crippen molar-refractivity contribution in [2.24, 2.45) is 0 Å². The molecule has 1 aliphatic heterocycles. The zero-order chi connectivity index (χ0) is 22.1. The molecule has 1 saturated heterocycles. The highest BCUT2D eigenvalue weighted by Crippen LogP contribution is 2.39. The van der Waals surface area contributed by atoms with Gasteiger partial charge in [0.15, 0.2) is 0 Å². The Balaban J connectivity index is 1.54. The van der Waals surface area contributed by atoms with E-state index in [1.165, 1.54) is 11.3 Å². The fraction of sp³-hybridized carbons (Fsp3) is 0.435. The quantitative estimate of drug-likeness (QED) is 0.581. The molecule has 0 aliphatic carbocycles. The summed E-state index contributed by atoms with van der Waals surface area (Å²) in [4.78, 5) is 34.2. The fourth-order valence-electron chi connectivity index (χ4n) is 4.28. The van der Waals surface area contributed by atoms with Crippen LogP contribution in [0.15, 0.2) is 29.3 Å². The predicted octanol–water partition coefficient (Wildman–Crippen LogP) is 3.85. The Hall–Kier alpha value is -2.87. The molecule has 4 rings (SSSR count). The highest BCUT2D eigenvalue weighted by atomic mass is 32.1. The van der Waals surface area contributed by atoms with E-state index in [2.05, 4.69) is 4.98 Å². The highest BCUT2D eigenvalue weighted by Gasteiger charge is 2.32. The smallest absolute Gasteiger partial charge is 0.262 e. The molecule has 3 heterocycles. The molecule has 1 aliphatic rings. The molecule has 0 radical (unpaired) electrons. The SMILES string of the molecule is COc1ccc(OC)c(C2CCCN2C(=O)CCn2cnc3sc(C)c(C)c3c2=O)c1. The average Bonchev–Trinajstić information content (AvgIpc) is 3.38. The number of thiophene rings is 1. The van der Waals surface area contributed by atoms with Crippen molar-refractivity contribution < 1.29 is 14.3 Å². The van der Waals surface area contributed by atoms with E-state index >= 15 is 0 Å². The molecule has 164 valence electrons. The fourth-order valence-corrected chi connectivity index (χ4v) is 5.26. The summed E-state index contributed by atoms with van der Waals surface area (Å²) in [5.41, 5.74) is 1.85. The molecule has 8 heteroatoms. The van der Waals surface area contributed by atoms with Crippen LogP contribution in [0.5, 0.6) is 11.5 Å². The van der Waals surface area contributed by atoms with E-state index in [4.69, 9.17) is 9.47 Å². The van der Waals surface area contributed by atoms with E-state index in [-0.39, 0.29) is 23.9 Å². The number of rotatable bonds is 6. The number of aryl methyl sites for hydroxylation is 3. The van der Waals surface area contributed by atoms with Crippen LogP contribution in [-0.2, 0) is 11.3 Å². The normalized spacial score (nSPS) is 16.1. The Morgan fingerprint density at radius 3 is 2.81 bits per heavy atom. The van der Waals surface area contributed by atoms with Crippen LogP contribution in [0.3, 0.4) is 0 Å². The van der Waals surface area contributed by atoms with Gasteiger partial charge in [0.2, 0.25) is 5.91 Å². The summed E-state index contributed by atoms with van der Waals surface area (Å²) < 4.78 is 12.5. The second kappa shape index (κ2) is 8.70. The predicted molar refractivity (Wildman–Crippen MR) is 121 cm³/mol. The van der Waals surface area contributed by atoms with Crippen LogP contribution >= 0.6 is 11.3 Å². The van der Waals surface area contributed by atoms with Gasteiger partial charge in [0.25, 0.3) is 5.56 Å². The minimum Gasteiger partial charge on any atom is -0.497 e. The lowest BCUT2D eigenvalue weighted by atomic mass is 10.0. The van der Waals surface area contributed by atoms with Crippen LogP contribution in [0.25, 0.3) is 10.2 Å². The molecular weight excluding hydrogens is 414 g/mol. The number of carbonyl (C=O) groups excluding carboxylic acids is 1. The lowest BCUT2D eigenvalue weighted by Gasteiger charge is -2.27. The van der Waals surface area contributed by atoms with Gasteiger partial charge < -0.3 is 14.4 Å². The van der Waals surface area contributed by atoms with E-state index in [1.807, 2.05) is 36.9 Å². The van der Waals surface area contributed by atoms with Gasteiger partial charge >= 0.3 is 0 Å². The first kappa shape index (κ1) is 21.4. The number of hydrogen-bond donors (Lipinski definition) is 0. The Bertz CT molecular complexity index is 1180. The van der Waals surface area contributed by atoms with Crippen LogP contribution in [0.1, 0.15) is 41.3 Å². The lowest BCUT2D eigenvalue weighted by Crippen LogP contribution is -2.32. The third kappa shape index (κ3) is 3.92. The summed E-state index contributed by atoms with van der Waals surface area (Å²) in [6.45, 7) is 4.95. The van der Waals surface area contributed by atoms with Gasteiger partial charge in [-0.1, -0.05) is 0 Å². The van der Waals surface area contributed by atoms with Gasteiger partial charge in [-0.2, -0.15) is 0 Å². The molecule has 0 spiro atoms. The van der Waals surface area contributed by atoms with E-state index in [0.717, 1.165) is 45.2 Å². The molecule has 31 heavy (non-hydrogen) atoms. The number of hydrogen-bond acceptors (Lipinski definition) is 6. The number of ether oxygens (including phenoxy) is 2. The Morgan fingerprint density at radius 2 is 2.06 bits per heavy atom. The summed E-state index contributed by atoms with van der Waals surface area (Å²) in [7, 11) is 3.26. The average molecular weight is 442 g/mol. The molecule has 1 unspecified atom stereocenters. The van der Waals surface area contributed by atoms with Crippen LogP contribution in [0, 0.1) is 13.8 Å². The first-order valence-electron chi connectivity index (χ1n) is 10.4. The van der Waals surface area contributed by atoms with E-state index in [1.54, 1.807) is 25.1 Å². The van der Waals surface area contributed by atoms with Crippen molar-refractivity contribution in [1.82, 2.24) is 14.5 Å². The largest absolute Gasteiger partial charge is 0.497 e. The molecule has 0 N–H and O–H groups in total. The lowest BCUT2D eigenvalue weighted by molar-refractivity contribution is -0.132. The van der Waals surface area contributed by atoms with Crippen LogP contribution in [-0.4, -0.2) is 41.1 Å². The monoisotopic (exact) mass is 441 g/mol. The number of methoxy groups -OCH3 is 2. The molecule has 1 fully saturated rings. The number of nitrogens with zero attached hydrogens (tertiary/aromatic N) is 3. The van der Waals surface area contributed by atoms with E-state index in [9.17, 15) is 9.59 Å². The third-order valence-corrected chi connectivity index (χ3v) is 7.21. The van der Waals surface area contributed by atoms with Gasteiger partial charge in [-0.15, -0.1) is 11.3 Å². The zero-order valence-electron chi connectivity index (χ0n) is 18.3. The molecule has 1 aromatic carbocycles. The van der Waals surface area contributed by atoms with Crippen molar-refractivity contribution >= 4 is 27.5 Å². The van der Waals surface area contributed by atoms with Crippen molar-refractivity contribution in [2.45, 2.75) is 45.7 Å². The Morgan fingerprint density at radius 1 is 1.26 bits per heavy atom. The maximum atomic E-state index is 13.1. The third-order valence-electron chi connectivity index (χ3n) is 6.09. The molecule has 7 nitrogen and oxygen atoms in total. The number of amides is 1. The number of aromatic nitrogens is 2. The standard InChI is InChI=1S/C23H27N3O4S/c1-14-15(2)31-22-21(14)23(28)25(13-24-22)11-9-20(27)26-10-5-6-18(26)17-12-16(29-3)7-8-19(17)30-4/h7-8,12-13,18H,5-6,9-11H2,1-4H3. The molecule has 0 saturated carbocycles. The maximum absolute atomic E-state index is 13.1. The van der Waals surface area contributed by atoms with Crippen molar-refractivity contribution in [3.05, 3.63) is 50.9 Å². The molecular formula is C23H27N3O4S. The summed E-state index contributed by atoms with van der Waals surface area (Å²) in [5, 5.41) is 0.664. The van der Waals surface area contributed by atoms with Crippen molar-refractivity contribution in [3.8, 4) is 11.5 Å².